The van der Waals surface area contributed by atoms with Crippen LogP contribution >= 0.6 is 0 Å². The molecule has 0 aromatic carbocycles. The molecule has 2 fully saturated rings. The summed E-state index contributed by atoms with van der Waals surface area (Å²) in [7, 11) is 0. The topological polar surface area (TPSA) is 29.9 Å². The molecule has 3 nitrogen and oxygen atoms in total. The Bertz CT molecular complexity index is 467. The largest absolute Gasteiger partial charge is 0.309 e. The van der Waals surface area contributed by atoms with Crippen LogP contribution in [0.1, 0.15) is 62.5 Å². The summed E-state index contributed by atoms with van der Waals surface area (Å²) in [5, 5.41) is 8.42. The summed E-state index contributed by atoms with van der Waals surface area (Å²) in [6.07, 6.45) is 5.84. The Morgan fingerprint density at radius 3 is 2.53 bits per heavy atom. The van der Waals surface area contributed by atoms with E-state index in [9.17, 15) is 0 Å². The first kappa shape index (κ1) is 13.2. The second-order valence-corrected chi connectivity index (χ2v) is 6.64. The minimum atomic E-state index is 0.427. The van der Waals surface area contributed by atoms with E-state index in [1.54, 1.807) is 0 Å². The van der Waals surface area contributed by atoms with Gasteiger partial charge in [-0.15, -0.1) is 0 Å². The number of nitrogens with zero attached hydrogens (tertiary/aromatic N) is 2. The lowest BCUT2D eigenvalue weighted by Crippen LogP contribution is -2.28. The summed E-state index contributed by atoms with van der Waals surface area (Å²) in [5.41, 5.74) is 4.61. The van der Waals surface area contributed by atoms with Gasteiger partial charge in [-0.05, 0) is 64.7 Å². The van der Waals surface area contributed by atoms with Gasteiger partial charge in [0.1, 0.15) is 0 Å². The highest BCUT2D eigenvalue weighted by Gasteiger charge is 2.53. The minimum absolute atomic E-state index is 0.427. The van der Waals surface area contributed by atoms with Gasteiger partial charge in [-0.1, -0.05) is 0 Å². The van der Waals surface area contributed by atoms with Crippen molar-refractivity contribution in [3.63, 3.8) is 0 Å². The molecule has 2 saturated carbocycles. The van der Waals surface area contributed by atoms with Gasteiger partial charge in [0, 0.05) is 30.4 Å². The van der Waals surface area contributed by atoms with Crippen LogP contribution in [0.2, 0.25) is 0 Å². The quantitative estimate of drug-likeness (QED) is 0.851. The Labute approximate surface area is 116 Å². The number of hydrogen-bond acceptors (Lipinski definition) is 2. The smallest absolute Gasteiger partial charge is 0.0644 e. The van der Waals surface area contributed by atoms with Crippen molar-refractivity contribution in [3.05, 3.63) is 17.0 Å². The van der Waals surface area contributed by atoms with Crippen molar-refractivity contribution >= 4 is 0 Å². The molecule has 0 aliphatic heterocycles. The van der Waals surface area contributed by atoms with Crippen LogP contribution in [-0.2, 0) is 6.54 Å². The van der Waals surface area contributed by atoms with Crippen LogP contribution in [0.15, 0.2) is 0 Å². The Balaban J connectivity index is 1.66. The summed E-state index contributed by atoms with van der Waals surface area (Å²) in [4.78, 5) is 0. The van der Waals surface area contributed by atoms with E-state index in [-0.39, 0.29) is 0 Å². The first-order chi connectivity index (χ1) is 9.07. The second kappa shape index (κ2) is 4.62. The minimum Gasteiger partial charge on any atom is -0.309 e. The van der Waals surface area contributed by atoms with E-state index in [2.05, 4.69) is 42.8 Å². The van der Waals surface area contributed by atoms with Gasteiger partial charge in [0.05, 0.1) is 5.69 Å². The molecule has 1 N–H and O–H groups in total. The summed E-state index contributed by atoms with van der Waals surface area (Å²) in [6, 6.07) is 0.427. The number of aromatic nitrogens is 2. The molecule has 106 valence electrons. The average Bonchev–Trinajstić information content (AvgIpc) is 3.25. The monoisotopic (exact) mass is 261 g/mol. The van der Waals surface area contributed by atoms with E-state index in [0.717, 1.165) is 12.5 Å². The summed E-state index contributed by atoms with van der Waals surface area (Å²) < 4.78 is 2.12. The van der Waals surface area contributed by atoms with Gasteiger partial charge < -0.3 is 5.32 Å². The Hall–Kier alpha value is -0.830. The van der Waals surface area contributed by atoms with Gasteiger partial charge in [0.15, 0.2) is 0 Å². The number of hydrogen-bond donors (Lipinski definition) is 1. The Morgan fingerprint density at radius 2 is 2.05 bits per heavy atom. The molecule has 0 spiro atoms. The average molecular weight is 261 g/mol. The van der Waals surface area contributed by atoms with E-state index in [1.807, 2.05) is 0 Å². The molecule has 0 amide bonds. The standard InChI is InChI=1S/C16H27N3/c1-5-19-13(4)15(12(3)18-19)11(2)17-10-16(8-9-16)14-6-7-14/h11,14,17H,5-10H2,1-4H3. The van der Waals surface area contributed by atoms with Gasteiger partial charge in [-0.25, -0.2) is 0 Å². The summed E-state index contributed by atoms with van der Waals surface area (Å²) in [6.45, 7) is 11.0. The molecule has 3 heteroatoms. The fraction of sp³-hybridized carbons (Fsp3) is 0.812. The van der Waals surface area contributed by atoms with E-state index in [4.69, 9.17) is 0 Å². The van der Waals surface area contributed by atoms with Crippen LogP contribution in [0.25, 0.3) is 0 Å². The third-order valence-corrected chi connectivity index (χ3v) is 5.27. The van der Waals surface area contributed by atoms with E-state index in [1.165, 1.54) is 49.2 Å². The molecule has 0 radical (unpaired) electrons. The van der Waals surface area contributed by atoms with Crippen molar-refractivity contribution in [2.24, 2.45) is 11.3 Å². The van der Waals surface area contributed by atoms with Crippen LogP contribution in [-0.4, -0.2) is 16.3 Å². The molecule has 1 aromatic heterocycles. The summed E-state index contributed by atoms with van der Waals surface area (Å²) in [5.74, 6) is 1.03. The van der Waals surface area contributed by atoms with E-state index < -0.39 is 0 Å². The maximum absolute atomic E-state index is 4.63. The lowest BCUT2D eigenvalue weighted by molar-refractivity contribution is 0.381. The lowest BCUT2D eigenvalue weighted by atomic mass is 9.99. The third-order valence-electron chi connectivity index (χ3n) is 5.27. The molecule has 2 aliphatic carbocycles. The molecular formula is C16H27N3. The number of aryl methyl sites for hydroxylation is 2. The van der Waals surface area contributed by atoms with Crippen LogP contribution in [0.4, 0.5) is 0 Å². The zero-order valence-corrected chi connectivity index (χ0v) is 12.8. The molecule has 0 saturated heterocycles. The van der Waals surface area contributed by atoms with E-state index >= 15 is 0 Å². The normalized spacial score (nSPS) is 22.5. The van der Waals surface area contributed by atoms with Crippen molar-refractivity contribution in [3.8, 4) is 0 Å². The SMILES string of the molecule is CCn1nc(C)c(C(C)NCC2(C3CC3)CC2)c1C. The fourth-order valence-corrected chi connectivity index (χ4v) is 3.69. The first-order valence-electron chi connectivity index (χ1n) is 7.84. The molecular weight excluding hydrogens is 234 g/mol. The molecule has 19 heavy (non-hydrogen) atoms. The number of rotatable bonds is 6. The zero-order chi connectivity index (χ0) is 13.6. The first-order valence-corrected chi connectivity index (χ1v) is 7.84. The van der Waals surface area contributed by atoms with E-state index in [0.29, 0.717) is 11.5 Å². The zero-order valence-electron chi connectivity index (χ0n) is 12.8. The van der Waals surface area contributed by atoms with Crippen LogP contribution < -0.4 is 5.32 Å². The highest BCUT2D eigenvalue weighted by Crippen LogP contribution is 2.60. The molecule has 2 aliphatic rings. The summed E-state index contributed by atoms with van der Waals surface area (Å²) >= 11 is 0. The van der Waals surface area contributed by atoms with Gasteiger partial charge in [0.2, 0.25) is 0 Å². The predicted octanol–water partition coefficient (Wildman–Crippen LogP) is 3.36. The third kappa shape index (κ3) is 2.33. The lowest BCUT2D eigenvalue weighted by Gasteiger charge is -2.20. The fourth-order valence-electron chi connectivity index (χ4n) is 3.69. The molecule has 1 aromatic rings. The Kier molecular flexibility index (Phi) is 3.20. The second-order valence-electron chi connectivity index (χ2n) is 6.64. The van der Waals surface area contributed by atoms with Crippen molar-refractivity contribution in [2.75, 3.05) is 6.54 Å². The van der Waals surface area contributed by atoms with Crippen molar-refractivity contribution in [1.29, 1.82) is 0 Å². The molecule has 1 atom stereocenters. The maximum atomic E-state index is 4.63. The molecule has 1 heterocycles. The van der Waals surface area contributed by atoms with Crippen LogP contribution in [0.5, 0.6) is 0 Å². The molecule has 0 bridgehead atoms. The van der Waals surface area contributed by atoms with Crippen LogP contribution in [0.3, 0.4) is 0 Å². The van der Waals surface area contributed by atoms with Crippen molar-refractivity contribution in [2.45, 2.75) is 66.0 Å². The highest BCUT2D eigenvalue weighted by atomic mass is 15.3. The molecule has 3 rings (SSSR count). The number of nitrogens with one attached hydrogen (secondary N) is 1. The maximum Gasteiger partial charge on any atom is 0.0644 e. The van der Waals surface area contributed by atoms with Gasteiger partial charge >= 0.3 is 0 Å². The predicted molar refractivity (Wildman–Crippen MR) is 78.2 cm³/mol. The Morgan fingerprint density at radius 1 is 1.37 bits per heavy atom. The van der Waals surface area contributed by atoms with Gasteiger partial charge in [-0.2, -0.15) is 5.10 Å². The van der Waals surface area contributed by atoms with Crippen molar-refractivity contribution < 1.29 is 0 Å². The highest BCUT2D eigenvalue weighted by molar-refractivity contribution is 5.28. The molecule has 1 unspecified atom stereocenters. The van der Waals surface area contributed by atoms with Gasteiger partial charge in [0.25, 0.3) is 0 Å². The van der Waals surface area contributed by atoms with Crippen LogP contribution in [0, 0.1) is 25.2 Å². The van der Waals surface area contributed by atoms with Crippen molar-refractivity contribution in [1.82, 2.24) is 15.1 Å². The van der Waals surface area contributed by atoms with Gasteiger partial charge in [-0.3, -0.25) is 4.68 Å².